The van der Waals surface area contributed by atoms with Gasteiger partial charge in [-0.05, 0) is 12.1 Å². The standard InChI is InChI=1S/C10H6Cl2INO/c11-8-2-1-6(3-9(8)12)10-4-7(5-13)15-14-10/h1-4H,5H2. The van der Waals surface area contributed by atoms with Crippen LogP contribution in [0.25, 0.3) is 11.3 Å². The zero-order valence-electron chi connectivity index (χ0n) is 7.51. The summed E-state index contributed by atoms with van der Waals surface area (Å²) in [6.45, 7) is 0. The second kappa shape index (κ2) is 4.72. The third kappa shape index (κ3) is 2.46. The van der Waals surface area contributed by atoms with Crippen molar-refractivity contribution in [1.29, 1.82) is 0 Å². The van der Waals surface area contributed by atoms with Gasteiger partial charge >= 0.3 is 0 Å². The molecule has 2 aromatic rings. The molecule has 0 bridgehead atoms. The number of hydrogen-bond donors (Lipinski definition) is 0. The molecule has 0 saturated carbocycles. The maximum Gasteiger partial charge on any atom is 0.147 e. The molecule has 0 N–H and O–H groups in total. The fourth-order valence-electron chi connectivity index (χ4n) is 1.17. The molecular weight excluding hydrogens is 348 g/mol. The van der Waals surface area contributed by atoms with Crippen molar-refractivity contribution < 1.29 is 4.52 Å². The van der Waals surface area contributed by atoms with E-state index in [0.29, 0.717) is 10.0 Å². The first-order valence-corrected chi connectivity index (χ1v) is 6.46. The fourth-order valence-corrected chi connectivity index (χ4v) is 1.83. The molecule has 2 rings (SSSR count). The van der Waals surface area contributed by atoms with Crippen LogP contribution in [0.5, 0.6) is 0 Å². The predicted molar refractivity (Wildman–Crippen MR) is 69.7 cm³/mol. The van der Waals surface area contributed by atoms with Gasteiger partial charge in [-0.25, -0.2) is 0 Å². The molecule has 0 saturated heterocycles. The van der Waals surface area contributed by atoms with Crippen molar-refractivity contribution >= 4 is 45.8 Å². The number of alkyl halides is 1. The molecule has 0 radical (unpaired) electrons. The van der Waals surface area contributed by atoms with Gasteiger partial charge in [-0.2, -0.15) is 0 Å². The molecule has 0 aliphatic carbocycles. The lowest BCUT2D eigenvalue weighted by Crippen LogP contribution is -1.77. The predicted octanol–water partition coefficient (Wildman–Crippen LogP) is 4.58. The highest BCUT2D eigenvalue weighted by Gasteiger charge is 2.07. The lowest BCUT2D eigenvalue weighted by atomic mass is 10.1. The maximum absolute atomic E-state index is 5.91. The van der Waals surface area contributed by atoms with E-state index in [0.717, 1.165) is 21.4 Å². The number of nitrogens with zero attached hydrogens (tertiary/aromatic N) is 1. The van der Waals surface area contributed by atoms with Crippen LogP contribution in [-0.2, 0) is 4.43 Å². The van der Waals surface area contributed by atoms with Crippen LogP contribution in [0.3, 0.4) is 0 Å². The van der Waals surface area contributed by atoms with Gasteiger partial charge in [-0.15, -0.1) is 0 Å². The smallest absolute Gasteiger partial charge is 0.147 e. The zero-order valence-corrected chi connectivity index (χ0v) is 11.2. The van der Waals surface area contributed by atoms with E-state index in [2.05, 4.69) is 27.7 Å². The number of rotatable bonds is 2. The molecule has 15 heavy (non-hydrogen) atoms. The van der Waals surface area contributed by atoms with E-state index in [1.165, 1.54) is 0 Å². The average molecular weight is 354 g/mol. The second-order valence-electron chi connectivity index (χ2n) is 2.94. The van der Waals surface area contributed by atoms with E-state index >= 15 is 0 Å². The third-order valence-corrected chi connectivity index (χ3v) is 3.40. The summed E-state index contributed by atoms with van der Waals surface area (Å²) in [4.78, 5) is 0. The molecule has 0 spiro atoms. The lowest BCUT2D eigenvalue weighted by Gasteiger charge is -1.98. The van der Waals surface area contributed by atoms with Gasteiger partial charge in [0.25, 0.3) is 0 Å². The molecule has 0 amide bonds. The SMILES string of the molecule is Clc1ccc(-c2cc(CI)on2)cc1Cl. The van der Waals surface area contributed by atoms with Crippen LogP contribution in [-0.4, -0.2) is 5.16 Å². The molecule has 1 heterocycles. The van der Waals surface area contributed by atoms with Gasteiger partial charge in [0.05, 0.1) is 14.5 Å². The second-order valence-corrected chi connectivity index (χ2v) is 4.52. The summed E-state index contributed by atoms with van der Waals surface area (Å²) in [5.74, 6) is 0.844. The Bertz CT molecular complexity index is 484. The van der Waals surface area contributed by atoms with Crippen LogP contribution in [0.2, 0.25) is 10.0 Å². The van der Waals surface area contributed by atoms with Crippen molar-refractivity contribution in [3.63, 3.8) is 0 Å². The Morgan fingerprint density at radius 2 is 2.00 bits per heavy atom. The lowest BCUT2D eigenvalue weighted by molar-refractivity contribution is 0.399. The van der Waals surface area contributed by atoms with Crippen molar-refractivity contribution in [2.24, 2.45) is 0 Å². The van der Waals surface area contributed by atoms with Crippen molar-refractivity contribution in [2.75, 3.05) is 0 Å². The Labute approximate surface area is 111 Å². The van der Waals surface area contributed by atoms with Crippen molar-refractivity contribution in [2.45, 2.75) is 4.43 Å². The van der Waals surface area contributed by atoms with E-state index in [1.54, 1.807) is 12.1 Å². The van der Waals surface area contributed by atoms with E-state index in [-0.39, 0.29) is 0 Å². The number of benzene rings is 1. The zero-order chi connectivity index (χ0) is 10.8. The number of aromatic nitrogens is 1. The Hall–Kier alpha value is -0.260. The summed E-state index contributed by atoms with van der Waals surface area (Å²) in [5.41, 5.74) is 1.68. The minimum absolute atomic E-state index is 0.521. The van der Waals surface area contributed by atoms with Gasteiger partial charge in [0, 0.05) is 11.6 Å². The monoisotopic (exact) mass is 353 g/mol. The first-order chi connectivity index (χ1) is 7.20. The molecule has 0 aliphatic heterocycles. The van der Waals surface area contributed by atoms with Gasteiger partial charge < -0.3 is 4.52 Å². The van der Waals surface area contributed by atoms with Crippen LogP contribution >= 0.6 is 45.8 Å². The minimum Gasteiger partial charge on any atom is -0.360 e. The van der Waals surface area contributed by atoms with Gasteiger partial charge in [0.15, 0.2) is 0 Å². The van der Waals surface area contributed by atoms with E-state index in [9.17, 15) is 0 Å². The van der Waals surface area contributed by atoms with Gasteiger partial charge in [-0.3, -0.25) is 0 Å². The fraction of sp³-hybridized carbons (Fsp3) is 0.100. The molecule has 0 atom stereocenters. The molecular formula is C10H6Cl2INO. The summed E-state index contributed by atoms with van der Waals surface area (Å²) in [7, 11) is 0. The molecule has 0 unspecified atom stereocenters. The van der Waals surface area contributed by atoms with Gasteiger partial charge in [0.1, 0.15) is 11.5 Å². The molecule has 0 fully saturated rings. The molecule has 0 aliphatic rings. The molecule has 78 valence electrons. The summed E-state index contributed by atoms with van der Waals surface area (Å²) in [6, 6.07) is 7.28. The largest absolute Gasteiger partial charge is 0.360 e. The summed E-state index contributed by atoms with van der Waals surface area (Å²) >= 11 is 14.0. The first kappa shape index (κ1) is 11.2. The Kier molecular flexibility index (Phi) is 3.53. The number of hydrogen-bond acceptors (Lipinski definition) is 2. The van der Waals surface area contributed by atoms with Crippen LogP contribution in [0.15, 0.2) is 28.8 Å². The van der Waals surface area contributed by atoms with Gasteiger partial charge in [0.2, 0.25) is 0 Å². The average Bonchev–Trinajstić information content (AvgIpc) is 2.70. The topological polar surface area (TPSA) is 26.0 Å². The van der Waals surface area contributed by atoms with Crippen molar-refractivity contribution in [3.8, 4) is 11.3 Å². The Morgan fingerprint density at radius 3 is 2.60 bits per heavy atom. The summed E-state index contributed by atoms with van der Waals surface area (Å²) in [5, 5.41) is 5.01. The van der Waals surface area contributed by atoms with Crippen LogP contribution in [0, 0.1) is 0 Å². The summed E-state index contributed by atoms with van der Waals surface area (Å²) in [6.07, 6.45) is 0. The first-order valence-electron chi connectivity index (χ1n) is 4.17. The minimum atomic E-state index is 0.521. The van der Waals surface area contributed by atoms with Crippen LogP contribution < -0.4 is 0 Å². The number of halogens is 3. The van der Waals surface area contributed by atoms with E-state index in [1.807, 2.05) is 12.1 Å². The normalized spacial score (nSPS) is 10.6. The summed E-state index contributed by atoms with van der Waals surface area (Å²) < 4.78 is 5.90. The van der Waals surface area contributed by atoms with Crippen molar-refractivity contribution in [1.82, 2.24) is 5.16 Å². The molecule has 2 nitrogen and oxygen atoms in total. The third-order valence-electron chi connectivity index (χ3n) is 1.91. The Morgan fingerprint density at radius 1 is 1.20 bits per heavy atom. The van der Waals surface area contributed by atoms with E-state index < -0.39 is 0 Å². The molecule has 1 aromatic carbocycles. The highest BCUT2D eigenvalue weighted by atomic mass is 127. The molecule has 1 aromatic heterocycles. The van der Waals surface area contributed by atoms with E-state index in [4.69, 9.17) is 27.7 Å². The highest BCUT2D eigenvalue weighted by Crippen LogP contribution is 2.28. The van der Waals surface area contributed by atoms with Crippen LogP contribution in [0.1, 0.15) is 5.76 Å². The maximum atomic E-state index is 5.91. The van der Waals surface area contributed by atoms with Gasteiger partial charge in [-0.1, -0.05) is 57.0 Å². The van der Waals surface area contributed by atoms with Crippen LogP contribution in [0.4, 0.5) is 0 Å². The highest BCUT2D eigenvalue weighted by molar-refractivity contribution is 14.1. The molecule has 5 heteroatoms. The quantitative estimate of drug-likeness (QED) is 0.583. The van der Waals surface area contributed by atoms with Crippen molar-refractivity contribution in [3.05, 3.63) is 40.1 Å². The Balaban J connectivity index is 2.40.